The lowest BCUT2D eigenvalue weighted by Gasteiger charge is -2.20. The molecule has 2 rings (SSSR count). The highest BCUT2D eigenvalue weighted by atomic mass is 16.5. The molecule has 4 heteroatoms. The van der Waals surface area contributed by atoms with E-state index < -0.39 is 0 Å². The molecule has 0 aliphatic carbocycles. The number of pyridine rings is 1. The number of likely N-dealkylation sites (tertiary alicyclic amines) is 1. The van der Waals surface area contributed by atoms with Crippen LogP contribution in [-0.2, 0) is 0 Å². The summed E-state index contributed by atoms with van der Waals surface area (Å²) < 4.78 is 5.12. The molecule has 0 radical (unpaired) electrons. The van der Waals surface area contributed by atoms with Gasteiger partial charge < -0.3 is 15.0 Å². The van der Waals surface area contributed by atoms with E-state index in [1.807, 2.05) is 18.2 Å². The van der Waals surface area contributed by atoms with E-state index in [0.717, 1.165) is 18.3 Å². The highest BCUT2D eigenvalue weighted by Crippen LogP contribution is 2.19. The summed E-state index contributed by atoms with van der Waals surface area (Å²) >= 11 is 0. The SMILES string of the molecule is COc1cccc(NCC2CCN(C(C)C)C2)n1. The van der Waals surface area contributed by atoms with E-state index in [1.54, 1.807) is 7.11 Å². The first-order valence-corrected chi connectivity index (χ1v) is 6.68. The van der Waals surface area contributed by atoms with Gasteiger partial charge in [0.05, 0.1) is 7.11 Å². The van der Waals surface area contributed by atoms with Crippen molar-refractivity contribution in [3.8, 4) is 5.88 Å². The maximum atomic E-state index is 5.12. The van der Waals surface area contributed by atoms with Crippen LogP contribution in [0, 0.1) is 5.92 Å². The van der Waals surface area contributed by atoms with Crippen molar-refractivity contribution in [1.82, 2.24) is 9.88 Å². The smallest absolute Gasteiger partial charge is 0.214 e. The van der Waals surface area contributed by atoms with E-state index in [4.69, 9.17) is 4.74 Å². The first kappa shape index (κ1) is 13.1. The first-order valence-electron chi connectivity index (χ1n) is 6.68. The van der Waals surface area contributed by atoms with Gasteiger partial charge in [0.2, 0.25) is 5.88 Å². The van der Waals surface area contributed by atoms with Crippen LogP contribution in [-0.4, -0.2) is 42.7 Å². The highest BCUT2D eigenvalue weighted by molar-refractivity contribution is 5.37. The van der Waals surface area contributed by atoms with Gasteiger partial charge in [-0.3, -0.25) is 0 Å². The molecule has 1 aromatic rings. The van der Waals surface area contributed by atoms with Gasteiger partial charge >= 0.3 is 0 Å². The van der Waals surface area contributed by atoms with E-state index in [9.17, 15) is 0 Å². The Morgan fingerprint density at radius 1 is 1.50 bits per heavy atom. The number of aromatic nitrogens is 1. The monoisotopic (exact) mass is 249 g/mol. The summed E-state index contributed by atoms with van der Waals surface area (Å²) in [5.74, 6) is 2.29. The third kappa shape index (κ3) is 3.35. The van der Waals surface area contributed by atoms with E-state index in [-0.39, 0.29) is 0 Å². The van der Waals surface area contributed by atoms with Gasteiger partial charge in [-0.1, -0.05) is 6.07 Å². The summed E-state index contributed by atoms with van der Waals surface area (Å²) in [5.41, 5.74) is 0. The molecule has 100 valence electrons. The molecular weight excluding hydrogens is 226 g/mol. The molecule has 1 atom stereocenters. The van der Waals surface area contributed by atoms with Crippen LogP contribution >= 0.6 is 0 Å². The standard InChI is InChI=1S/C14H23N3O/c1-11(2)17-8-7-12(10-17)9-15-13-5-4-6-14(16-13)18-3/h4-6,11-12H,7-10H2,1-3H3,(H,15,16). The minimum Gasteiger partial charge on any atom is -0.481 e. The van der Waals surface area contributed by atoms with Gasteiger partial charge in [-0.05, 0) is 38.8 Å². The third-order valence-corrected chi connectivity index (χ3v) is 3.55. The van der Waals surface area contributed by atoms with Gasteiger partial charge in [-0.25, -0.2) is 0 Å². The Kier molecular flexibility index (Phi) is 4.42. The Bertz CT molecular complexity index is 381. The Labute approximate surface area is 109 Å². The topological polar surface area (TPSA) is 37.4 Å². The van der Waals surface area contributed by atoms with E-state index in [0.29, 0.717) is 11.9 Å². The second-order valence-electron chi connectivity index (χ2n) is 5.19. The zero-order valence-electron chi connectivity index (χ0n) is 11.5. The molecule has 1 aromatic heterocycles. The molecule has 2 heterocycles. The van der Waals surface area contributed by atoms with Gasteiger partial charge in [0.15, 0.2) is 0 Å². The quantitative estimate of drug-likeness (QED) is 0.868. The van der Waals surface area contributed by atoms with E-state index >= 15 is 0 Å². The fourth-order valence-corrected chi connectivity index (χ4v) is 2.37. The van der Waals surface area contributed by atoms with Crippen molar-refractivity contribution < 1.29 is 4.74 Å². The van der Waals surface area contributed by atoms with Crippen LogP contribution in [0.1, 0.15) is 20.3 Å². The average molecular weight is 249 g/mol. The van der Waals surface area contributed by atoms with Crippen LogP contribution in [0.3, 0.4) is 0 Å². The molecule has 1 unspecified atom stereocenters. The lowest BCUT2D eigenvalue weighted by atomic mass is 10.1. The zero-order valence-corrected chi connectivity index (χ0v) is 11.5. The average Bonchev–Trinajstić information content (AvgIpc) is 2.85. The Hall–Kier alpha value is -1.29. The van der Waals surface area contributed by atoms with Crippen LogP contribution in [0.25, 0.3) is 0 Å². The van der Waals surface area contributed by atoms with Crippen molar-refractivity contribution in [3.05, 3.63) is 18.2 Å². The van der Waals surface area contributed by atoms with Gasteiger partial charge in [-0.15, -0.1) is 0 Å². The van der Waals surface area contributed by atoms with Gasteiger partial charge in [-0.2, -0.15) is 4.98 Å². The van der Waals surface area contributed by atoms with Crippen LogP contribution in [0.5, 0.6) is 5.88 Å². The fraction of sp³-hybridized carbons (Fsp3) is 0.643. The Balaban J connectivity index is 1.81. The molecular formula is C14H23N3O. The van der Waals surface area contributed by atoms with Crippen LogP contribution in [0.2, 0.25) is 0 Å². The predicted molar refractivity (Wildman–Crippen MR) is 74.1 cm³/mol. The van der Waals surface area contributed by atoms with Crippen molar-refractivity contribution in [2.45, 2.75) is 26.3 Å². The van der Waals surface area contributed by atoms with E-state index in [1.165, 1.54) is 19.5 Å². The maximum Gasteiger partial charge on any atom is 0.214 e. The zero-order chi connectivity index (χ0) is 13.0. The van der Waals surface area contributed by atoms with Crippen LogP contribution < -0.4 is 10.1 Å². The van der Waals surface area contributed by atoms with Crippen molar-refractivity contribution in [1.29, 1.82) is 0 Å². The summed E-state index contributed by atoms with van der Waals surface area (Å²) in [5, 5.41) is 3.40. The molecule has 1 saturated heterocycles. The van der Waals surface area contributed by atoms with Crippen molar-refractivity contribution in [3.63, 3.8) is 0 Å². The summed E-state index contributed by atoms with van der Waals surface area (Å²) in [6.45, 7) is 7.92. The number of anilines is 1. The second-order valence-corrected chi connectivity index (χ2v) is 5.19. The fourth-order valence-electron chi connectivity index (χ4n) is 2.37. The van der Waals surface area contributed by atoms with Crippen LogP contribution in [0.15, 0.2) is 18.2 Å². The summed E-state index contributed by atoms with van der Waals surface area (Å²) in [6, 6.07) is 6.47. The molecule has 1 aliphatic rings. The molecule has 1 N–H and O–H groups in total. The molecule has 1 fully saturated rings. The number of hydrogen-bond donors (Lipinski definition) is 1. The third-order valence-electron chi connectivity index (χ3n) is 3.55. The molecule has 4 nitrogen and oxygen atoms in total. The minimum absolute atomic E-state index is 0.657. The van der Waals surface area contributed by atoms with Crippen LogP contribution in [0.4, 0.5) is 5.82 Å². The Morgan fingerprint density at radius 3 is 3.00 bits per heavy atom. The van der Waals surface area contributed by atoms with Crippen molar-refractivity contribution in [2.75, 3.05) is 32.1 Å². The molecule has 0 bridgehead atoms. The lowest BCUT2D eigenvalue weighted by Crippen LogP contribution is -2.29. The number of hydrogen-bond acceptors (Lipinski definition) is 4. The van der Waals surface area contributed by atoms with Crippen molar-refractivity contribution >= 4 is 5.82 Å². The number of rotatable bonds is 5. The Morgan fingerprint density at radius 2 is 2.33 bits per heavy atom. The molecule has 0 spiro atoms. The molecule has 0 saturated carbocycles. The van der Waals surface area contributed by atoms with Crippen molar-refractivity contribution in [2.24, 2.45) is 5.92 Å². The molecule has 18 heavy (non-hydrogen) atoms. The number of methoxy groups -OCH3 is 1. The maximum absolute atomic E-state index is 5.12. The second kappa shape index (κ2) is 6.05. The summed E-state index contributed by atoms with van der Waals surface area (Å²) in [7, 11) is 1.64. The first-order chi connectivity index (χ1) is 8.69. The van der Waals surface area contributed by atoms with Gasteiger partial charge in [0, 0.05) is 25.2 Å². The number of nitrogens with zero attached hydrogens (tertiary/aromatic N) is 2. The van der Waals surface area contributed by atoms with Gasteiger partial charge in [0.1, 0.15) is 5.82 Å². The number of nitrogens with one attached hydrogen (secondary N) is 1. The summed E-state index contributed by atoms with van der Waals surface area (Å²) in [4.78, 5) is 6.89. The largest absolute Gasteiger partial charge is 0.481 e. The molecule has 0 aromatic carbocycles. The normalized spacial score (nSPS) is 20.3. The predicted octanol–water partition coefficient (Wildman–Crippen LogP) is 2.23. The minimum atomic E-state index is 0.657. The number of ether oxygens (including phenoxy) is 1. The lowest BCUT2D eigenvalue weighted by molar-refractivity contribution is 0.266. The van der Waals surface area contributed by atoms with Gasteiger partial charge in [0.25, 0.3) is 0 Å². The molecule has 1 aliphatic heterocycles. The summed E-state index contributed by atoms with van der Waals surface area (Å²) in [6.07, 6.45) is 1.27. The highest BCUT2D eigenvalue weighted by Gasteiger charge is 2.23. The van der Waals surface area contributed by atoms with E-state index in [2.05, 4.69) is 29.0 Å². The molecule has 0 amide bonds.